The number of likely N-dealkylation sites (tertiary alicyclic amines) is 1. The molecule has 0 spiro atoms. The zero-order valence-electron chi connectivity index (χ0n) is 12.8. The largest absolute Gasteiger partial charge is 0.315 e. The Balaban J connectivity index is 1.86. The number of rotatable bonds is 7. The van der Waals surface area contributed by atoms with Crippen LogP contribution in [-0.4, -0.2) is 42.0 Å². The molecular weight excluding hydrogens is 266 g/mol. The maximum Gasteiger partial charge on any atom is 0.269 e. The normalized spacial score (nSPS) is 19.6. The molecule has 1 saturated heterocycles. The summed E-state index contributed by atoms with van der Waals surface area (Å²) < 4.78 is 0. The summed E-state index contributed by atoms with van der Waals surface area (Å²) in [6, 6.07) is 7.59. The van der Waals surface area contributed by atoms with E-state index in [0.717, 1.165) is 26.1 Å². The summed E-state index contributed by atoms with van der Waals surface area (Å²) in [4.78, 5) is 12.9. The van der Waals surface area contributed by atoms with Crippen molar-refractivity contribution in [1.82, 2.24) is 10.2 Å². The van der Waals surface area contributed by atoms with E-state index >= 15 is 0 Å². The number of non-ortho nitro benzene ring substituents is 1. The van der Waals surface area contributed by atoms with Crippen LogP contribution < -0.4 is 5.32 Å². The molecule has 0 aliphatic carbocycles. The molecule has 1 aliphatic heterocycles. The Morgan fingerprint density at radius 2 is 2.10 bits per heavy atom. The number of piperidine rings is 1. The summed E-state index contributed by atoms with van der Waals surface area (Å²) in [5.41, 5.74) is 1.34. The van der Waals surface area contributed by atoms with Crippen molar-refractivity contribution in [3.8, 4) is 0 Å². The van der Waals surface area contributed by atoms with Gasteiger partial charge in [0.1, 0.15) is 0 Å². The van der Waals surface area contributed by atoms with Crippen LogP contribution in [0.1, 0.15) is 31.7 Å². The predicted octanol–water partition coefficient (Wildman–Crippen LogP) is 2.60. The van der Waals surface area contributed by atoms with Gasteiger partial charge in [0, 0.05) is 31.3 Å². The first kappa shape index (κ1) is 15.9. The van der Waals surface area contributed by atoms with E-state index in [1.54, 1.807) is 12.1 Å². The standard InChI is InChI=1S/C16H25N3O2/c1-2-17-13-16-5-3-4-11-18(16)12-10-14-6-8-15(9-7-14)19(20)21/h6-9,16-17H,2-5,10-13H2,1H3. The second-order valence-corrected chi connectivity index (χ2v) is 5.67. The fraction of sp³-hybridized carbons (Fsp3) is 0.625. The van der Waals surface area contributed by atoms with Gasteiger partial charge in [-0.25, -0.2) is 0 Å². The maximum atomic E-state index is 10.7. The van der Waals surface area contributed by atoms with Gasteiger partial charge in [-0.2, -0.15) is 0 Å². The number of benzene rings is 1. The molecule has 0 radical (unpaired) electrons. The lowest BCUT2D eigenvalue weighted by atomic mass is 10.0. The number of nitrogens with one attached hydrogen (secondary N) is 1. The Labute approximate surface area is 126 Å². The van der Waals surface area contributed by atoms with Gasteiger partial charge in [-0.3, -0.25) is 15.0 Å². The molecule has 116 valence electrons. The second kappa shape index (κ2) is 8.10. The third kappa shape index (κ3) is 4.79. The Bertz CT molecular complexity index is 447. The molecule has 1 unspecified atom stereocenters. The zero-order chi connectivity index (χ0) is 15.1. The average molecular weight is 291 g/mol. The quantitative estimate of drug-likeness (QED) is 0.619. The SMILES string of the molecule is CCNCC1CCCCN1CCc1ccc([N+](=O)[O-])cc1. The van der Waals surface area contributed by atoms with Crippen LogP contribution >= 0.6 is 0 Å². The highest BCUT2D eigenvalue weighted by atomic mass is 16.6. The number of hydrogen-bond donors (Lipinski definition) is 1. The minimum Gasteiger partial charge on any atom is -0.315 e. The lowest BCUT2D eigenvalue weighted by Gasteiger charge is -2.36. The molecule has 0 saturated carbocycles. The minimum atomic E-state index is -0.346. The van der Waals surface area contributed by atoms with E-state index in [1.165, 1.54) is 31.4 Å². The summed E-state index contributed by atoms with van der Waals surface area (Å²) in [7, 11) is 0. The highest BCUT2D eigenvalue weighted by Crippen LogP contribution is 2.18. The first-order valence-electron chi connectivity index (χ1n) is 7.89. The Hall–Kier alpha value is -1.46. The molecule has 1 aromatic rings. The molecule has 1 atom stereocenters. The fourth-order valence-electron chi connectivity index (χ4n) is 2.95. The van der Waals surface area contributed by atoms with Gasteiger partial charge >= 0.3 is 0 Å². The van der Waals surface area contributed by atoms with Crippen LogP contribution in [0, 0.1) is 10.1 Å². The van der Waals surface area contributed by atoms with Crippen LogP contribution in [-0.2, 0) is 6.42 Å². The van der Waals surface area contributed by atoms with E-state index in [0.29, 0.717) is 6.04 Å². The molecule has 5 nitrogen and oxygen atoms in total. The highest BCUT2D eigenvalue weighted by molar-refractivity contribution is 5.32. The summed E-state index contributed by atoms with van der Waals surface area (Å²) in [5.74, 6) is 0. The first-order chi connectivity index (χ1) is 10.2. The Morgan fingerprint density at radius 1 is 1.33 bits per heavy atom. The van der Waals surface area contributed by atoms with Crippen molar-refractivity contribution in [1.29, 1.82) is 0 Å². The van der Waals surface area contributed by atoms with Crippen LogP contribution in [0.3, 0.4) is 0 Å². The fourth-order valence-corrected chi connectivity index (χ4v) is 2.95. The van der Waals surface area contributed by atoms with Crippen LogP contribution in [0.5, 0.6) is 0 Å². The molecule has 21 heavy (non-hydrogen) atoms. The summed E-state index contributed by atoms with van der Waals surface area (Å²) in [5, 5.41) is 14.1. The molecule has 2 rings (SSSR count). The highest BCUT2D eigenvalue weighted by Gasteiger charge is 2.21. The van der Waals surface area contributed by atoms with Crippen LogP contribution in [0.15, 0.2) is 24.3 Å². The van der Waals surface area contributed by atoms with E-state index in [-0.39, 0.29) is 10.6 Å². The van der Waals surface area contributed by atoms with Gasteiger partial charge in [-0.15, -0.1) is 0 Å². The smallest absolute Gasteiger partial charge is 0.269 e. The lowest BCUT2D eigenvalue weighted by Crippen LogP contribution is -2.46. The van der Waals surface area contributed by atoms with Gasteiger partial charge < -0.3 is 5.32 Å². The van der Waals surface area contributed by atoms with Gasteiger partial charge in [0.25, 0.3) is 5.69 Å². The number of likely N-dealkylation sites (N-methyl/N-ethyl adjacent to an activating group) is 1. The third-order valence-electron chi connectivity index (χ3n) is 4.21. The van der Waals surface area contributed by atoms with Gasteiger partial charge in [0.15, 0.2) is 0 Å². The summed E-state index contributed by atoms with van der Waals surface area (Å²) in [6.45, 7) is 6.43. The van der Waals surface area contributed by atoms with E-state index < -0.39 is 0 Å². The first-order valence-corrected chi connectivity index (χ1v) is 7.89. The Kier molecular flexibility index (Phi) is 6.14. The molecule has 0 bridgehead atoms. The topological polar surface area (TPSA) is 58.4 Å². The van der Waals surface area contributed by atoms with Crippen LogP contribution in [0.4, 0.5) is 5.69 Å². The van der Waals surface area contributed by atoms with Crippen molar-refractivity contribution in [3.05, 3.63) is 39.9 Å². The molecule has 1 aromatic carbocycles. The van der Waals surface area contributed by atoms with E-state index in [2.05, 4.69) is 17.1 Å². The monoisotopic (exact) mass is 291 g/mol. The zero-order valence-corrected chi connectivity index (χ0v) is 12.8. The lowest BCUT2D eigenvalue weighted by molar-refractivity contribution is -0.384. The molecular formula is C16H25N3O2. The molecule has 5 heteroatoms. The van der Waals surface area contributed by atoms with E-state index in [9.17, 15) is 10.1 Å². The maximum absolute atomic E-state index is 10.7. The van der Waals surface area contributed by atoms with Gasteiger partial charge in [-0.1, -0.05) is 25.5 Å². The van der Waals surface area contributed by atoms with E-state index in [4.69, 9.17) is 0 Å². The van der Waals surface area contributed by atoms with Crippen molar-refractivity contribution in [3.63, 3.8) is 0 Å². The molecule has 1 fully saturated rings. The van der Waals surface area contributed by atoms with Crippen LogP contribution in [0.25, 0.3) is 0 Å². The molecule has 1 N–H and O–H groups in total. The van der Waals surface area contributed by atoms with Crippen molar-refractivity contribution in [2.75, 3.05) is 26.2 Å². The second-order valence-electron chi connectivity index (χ2n) is 5.67. The van der Waals surface area contributed by atoms with Gasteiger partial charge in [-0.05, 0) is 37.9 Å². The number of nitro benzene ring substituents is 1. The third-order valence-corrected chi connectivity index (χ3v) is 4.21. The molecule has 1 aliphatic rings. The minimum absolute atomic E-state index is 0.168. The summed E-state index contributed by atoms with van der Waals surface area (Å²) in [6.07, 6.45) is 4.83. The van der Waals surface area contributed by atoms with E-state index in [1.807, 2.05) is 12.1 Å². The van der Waals surface area contributed by atoms with Crippen molar-refractivity contribution >= 4 is 5.69 Å². The number of nitro groups is 1. The average Bonchev–Trinajstić information content (AvgIpc) is 2.52. The summed E-state index contributed by atoms with van der Waals surface area (Å²) >= 11 is 0. The molecule has 1 heterocycles. The predicted molar refractivity (Wildman–Crippen MR) is 84.6 cm³/mol. The van der Waals surface area contributed by atoms with Crippen LogP contribution in [0.2, 0.25) is 0 Å². The molecule has 0 aromatic heterocycles. The Morgan fingerprint density at radius 3 is 2.76 bits per heavy atom. The molecule has 0 amide bonds. The van der Waals surface area contributed by atoms with Gasteiger partial charge in [0.05, 0.1) is 4.92 Å². The van der Waals surface area contributed by atoms with Crippen molar-refractivity contribution in [2.45, 2.75) is 38.6 Å². The number of nitrogens with zero attached hydrogens (tertiary/aromatic N) is 2. The van der Waals surface area contributed by atoms with Crippen molar-refractivity contribution in [2.24, 2.45) is 0 Å². The van der Waals surface area contributed by atoms with Gasteiger partial charge in [0.2, 0.25) is 0 Å². The number of hydrogen-bond acceptors (Lipinski definition) is 4. The van der Waals surface area contributed by atoms with Crippen molar-refractivity contribution < 1.29 is 4.92 Å².